The lowest BCUT2D eigenvalue weighted by Gasteiger charge is -2.35. The van der Waals surface area contributed by atoms with E-state index < -0.39 is 5.54 Å². The molecular weight excluding hydrogens is 422 g/mol. The fraction of sp³-hybridized carbons (Fsp3) is 0.690. The van der Waals surface area contributed by atoms with Crippen LogP contribution in [-0.2, 0) is 16.0 Å². The Morgan fingerprint density at radius 1 is 1.06 bits per heavy atom. The van der Waals surface area contributed by atoms with Gasteiger partial charge in [-0.25, -0.2) is 4.99 Å². The van der Waals surface area contributed by atoms with E-state index in [1.807, 2.05) is 12.1 Å². The Kier molecular flexibility index (Phi) is 8.10. The molecule has 2 saturated carbocycles. The van der Waals surface area contributed by atoms with Gasteiger partial charge in [-0.3, -0.25) is 14.5 Å². The van der Waals surface area contributed by atoms with E-state index in [9.17, 15) is 9.59 Å². The molecule has 5 nitrogen and oxygen atoms in total. The monoisotopic (exact) mass is 465 g/mol. The zero-order valence-electron chi connectivity index (χ0n) is 21.2. The third-order valence-electron chi connectivity index (χ3n) is 8.75. The van der Waals surface area contributed by atoms with E-state index in [0.717, 1.165) is 56.4 Å². The van der Waals surface area contributed by atoms with Crippen LogP contribution in [0.1, 0.15) is 94.6 Å². The fourth-order valence-corrected chi connectivity index (χ4v) is 6.74. The lowest BCUT2D eigenvalue weighted by Crippen LogP contribution is -2.44. The molecular formula is C29H43N3O2. The minimum atomic E-state index is -0.687. The Labute approximate surface area is 205 Å². The zero-order chi connectivity index (χ0) is 24.1. The number of aliphatic imine (C=N–C) groups is 1. The van der Waals surface area contributed by atoms with Crippen LogP contribution in [0.15, 0.2) is 29.3 Å². The summed E-state index contributed by atoms with van der Waals surface area (Å²) in [5.41, 5.74) is 7.80. The highest BCUT2D eigenvalue weighted by atomic mass is 16.2. The van der Waals surface area contributed by atoms with Crippen molar-refractivity contribution in [2.24, 2.45) is 28.5 Å². The van der Waals surface area contributed by atoms with E-state index in [0.29, 0.717) is 36.4 Å². The minimum Gasteiger partial charge on any atom is -0.369 e. The summed E-state index contributed by atoms with van der Waals surface area (Å²) < 4.78 is 0. The van der Waals surface area contributed by atoms with Crippen molar-refractivity contribution in [3.8, 4) is 0 Å². The van der Waals surface area contributed by atoms with Gasteiger partial charge in [0, 0.05) is 19.9 Å². The molecule has 1 aliphatic heterocycles. The third kappa shape index (κ3) is 5.90. The second-order valence-electron chi connectivity index (χ2n) is 11.4. The molecule has 1 aromatic rings. The number of amides is 1. The molecule has 0 bridgehead atoms. The Bertz CT molecular complexity index is 904. The van der Waals surface area contributed by atoms with E-state index in [2.05, 4.69) is 19.1 Å². The normalized spacial score (nSPS) is 28.2. The summed E-state index contributed by atoms with van der Waals surface area (Å²) in [4.78, 5) is 32.6. The zero-order valence-corrected chi connectivity index (χ0v) is 21.2. The van der Waals surface area contributed by atoms with Crippen LogP contribution in [0.2, 0.25) is 0 Å². The van der Waals surface area contributed by atoms with Crippen LogP contribution in [0.4, 0.5) is 0 Å². The summed E-state index contributed by atoms with van der Waals surface area (Å²) in [6, 6.07) is 8.18. The number of likely N-dealkylation sites (N-methyl/N-ethyl adjacent to an activating group) is 1. The summed E-state index contributed by atoms with van der Waals surface area (Å²) in [5, 5.41) is 0. The third-order valence-corrected chi connectivity index (χ3v) is 8.75. The number of aryl methyl sites for hydroxylation is 1. The number of carbonyl (C=O) groups excluding carboxylic acids is 2. The number of guanidine groups is 1. The first-order valence-corrected chi connectivity index (χ1v) is 13.6. The van der Waals surface area contributed by atoms with Crippen LogP contribution in [0.3, 0.4) is 0 Å². The van der Waals surface area contributed by atoms with Crippen LogP contribution in [-0.4, -0.2) is 35.1 Å². The Morgan fingerprint density at radius 3 is 2.47 bits per heavy atom. The standard InChI is InChI=1S/C29H43N3O2/c1-21-9-6-7-14-25(21)19-26(33)18-23-12-8-13-24(17-23)20-29(27(34)32(2)28(30)31-29)16-15-22-10-4-3-5-11-22/h6-7,9,14,22-24H,3-5,8,10-13,15-20H2,1-2H3,(H2,30,31)/t23-,24+,29-/m1/s1. The maximum absolute atomic E-state index is 13.4. The first-order chi connectivity index (χ1) is 16.4. The molecule has 3 atom stereocenters. The van der Waals surface area contributed by atoms with Gasteiger partial charge in [0.25, 0.3) is 5.91 Å². The molecule has 4 rings (SSSR count). The second kappa shape index (κ2) is 11.0. The van der Waals surface area contributed by atoms with Gasteiger partial charge in [-0.2, -0.15) is 0 Å². The number of ketones is 1. The molecule has 0 unspecified atom stereocenters. The SMILES string of the molecule is Cc1ccccc1CC(=O)C[C@@H]1CCC[C@H](C[C@@]2(CCC3CCCCC3)N=C(N)N(C)C2=O)C1. The highest BCUT2D eigenvalue weighted by Gasteiger charge is 2.48. The van der Waals surface area contributed by atoms with Crippen molar-refractivity contribution in [2.45, 2.75) is 102 Å². The van der Waals surface area contributed by atoms with Gasteiger partial charge in [-0.05, 0) is 61.5 Å². The molecule has 3 aliphatic rings. The molecule has 0 saturated heterocycles. The van der Waals surface area contributed by atoms with Gasteiger partial charge in [0.2, 0.25) is 0 Å². The van der Waals surface area contributed by atoms with Gasteiger partial charge in [0.15, 0.2) is 5.96 Å². The number of nitrogens with zero attached hydrogens (tertiary/aromatic N) is 2. The van der Waals surface area contributed by atoms with Gasteiger partial charge in [-0.1, -0.05) is 75.6 Å². The molecule has 1 amide bonds. The predicted molar refractivity (Wildman–Crippen MR) is 138 cm³/mol. The molecule has 34 heavy (non-hydrogen) atoms. The van der Waals surface area contributed by atoms with E-state index >= 15 is 0 Å². The van der Waals surface area contributed by atoms with E-state index in [4.69, 9.17) is 10.7 Å². The van der Waals surface area contributed by atoms with Crippen molar-refractivity contribution < 1.29 is 9.59 Å². The average molecular weight is 466 g/mol. The Hall–Kier alpha value is -2.17. The molecule has 1 aromatic carbocycles. The average Bonchev–Trinajstić information content (AvgIpc) is 3.04. The molecule has 1 heterocycles. The first kappa shape index (κ1) is 24.9. The van der Waals surface area contributed by atoms with E-state index in [-0.39, 0.29) is 5.91 Å². The molecule has 0 aromatic heterocycles. The second-order valence-corrected chi connectivity index (χ2v) is 11.4. The lowest BCUT2D eigenvalue weighted by atomic mass is 9.71. The highest BCUT2D eigenvalue weighted by molar-refractivity contribution is 6.06. The summed E-state index contributed by atoms with van der Waals surface area (Å²) in [7, 11) is 1.76. The van der Waals surface area contributed by atoms with Crippen LogP contribution >= 0.6 is 0 Å². The van der Waals surface area contributed by atoms with Crippen molar-refractivity contribution in [1.82, 2.24) is 4.90 Å². The van der Waals surface area contributed by atoms with Crippen molar-refractivity contribution in [2.75, 3.05) is 7.05 Å². The van der Waals surface area contributed by atoms with Gasteiger partial charge in [-0.15, -0.1) is 0 Å². The van der Waals surface area contributed by atoms with Crippen molar-refractivity contribution >= 4 is 17.6 Å². The number of hydrogen-bond acceptors (Lipinski definition) is 4. The molecule has 5 heteroatoms. The summed E-state index contributed by atoms with van der Waals surface area (Å²) in [5.74, 6) is 2.36. The largest absolute Gasteiger partial charge is 0.369 e. The van der Waals surface area contributed by atoms with Crippen molar-refractivity contribution in [3.05, 3.63) is 35.4 Å². The molecule has 0 radical (unpaired) electrons. The van der Waals surface area contributed by atoms with Gasteiger partial charge >= 0.3 is 0 Å². The number of nitrogens with two attached hydrogens (primary N) is 1. The summed E-state index contributed by atoms with van der Waals surface area (Å²) in [6.07, 6.45) is 14.8. The first-order valence-electron chi connectivity index (χ1n) is 13.6. The fourth-order valence-electron chi connectivity index (χ4n) is 6.74. The maximum Gasteiger partial charge on any atom is 0.257 e. The van der Waals surface area contributed by atoms with Crippen LogP contribution in [0, 0.1) is 24.7 Å². The maximum atomic E-state index is 13.4. The number of rotatable bonds is 9. The number of carbonyl (C=O) groups is 2. The number of hydrogen-bond donors (Lipinski definition) is 1. The van der Waals surface area contributed by atoms with E-state index in [1.165, 1.54) is 37.7 Å². The van der Waals surface area contributed by atoms with Crippen molar-refractivity contribution in [3.63, 3.8) is 0 Å². The molecule has 186 valence electrons. The smallest absolute Gasteiger partial charge is 0.257 e. The Balaban J connectivity index is 1.37. The van der Waals surface area contributed by atoms with E-state index in [1.54, 1.807) is 11.9 Å². The van der Waals surface area contributed by atoms with Crippen LogP contribution in [0.5, 0.6) is 0 Å². The minimum absolute atomic E-state index is 0.0820. The van der Waals surface area contributed by atoms with Crippen molar-refractivity contribution in [1.29, 1.82) is 0 Å². The van der Waals surface area contributed by atoms with Crippen LogP contribution in [0.25, 0.3) is 0 Å². The topological polar surface area (TPSA) is 75.8 Å². The molecule has 2 aliphatic carbocycles. The highest BCUT2D eigenvalue weighted by Crippen LogP contribution is 2.42. The molecule has 2 N–H and O–H groups in total. The quantitative estimate of drug-likeness (QED) is 0.517. The molecule has 0 spiro atoms. The van der Waals surface area contributed by atoms with Gasteiger partial charge in [0.1, 0.15) is 11.3 Å². The van der Waals surface area contributed by atoms with Crippen LogP contribution < -0.4 is 5.73 Å². The van der Waals surface area contributed by atoms with Gasteiger partial charge < -0.3 is 5.73 Å². The predicted octanol–water partition coefficient (Wildman–Crippen LogP) is 5.58. The summed E-state index contributed by atoms with van der Waals surface area (Å²) in [6.45, 7) is 2.08. The number of Topliss-reactive ketones (excluding diaryl/α,β-unsaturated/α-hetero) is 1. The van der Waals surface area contributed by atoms with Gasteiger partial charge in [0.05, 0.1) is 0 Å². The molecule has 2 fully saturated rings. The number of benzene rings is 1. The summed E-state index contributed by atoms with van der Waals surface area (Å²) >= 11 is 0. The lowest BCUT2D eigenvalue weighted by molar-refractivity contribution is -0.131. The Morgan fingerprint density at radius 2 is 1.76 bits per heavy atom.